The molecule has 5 amide bonds. The number of anilines is 1. The maximum Gasteiger partial charge on any atom is 0.262 e. The van der Waals surface area contributed by atoms with E-state index in [-0.39, 0.29) is 47.6 Å². The Labute approximate surface area is 361 Å². The number of carbonyl (C=O) groups excluding carboxylic acids is 5. The molecule has 0 unspecified atom stereocenters. The van der Waals surface area contributed by atoms with Crippen LogP contribution < -0.4 is 20.3 Å². The number of imide groups is 2. The first kappa shape index (κ1) is 41.1. The van der Waals surface area contributed by atoms with E-state index in [1.165, 1.54) is 0 Å². The molecular formula is C47H52ClN7O6. The molecule has 0 radical (unpaired) electrons. The van der Waals surface area contributed by atoms with Gasteiger partial charge in [-0.2, -0.15) is 0 Å². The molecule has 4 fully saturated rings. The van der Waals surface area contributed by atoms with Crippen LogP contribution in [0, 0.1) is 17.4 Å². The van der Waals surface area contributed by atoms with Crippen LogP contribution in [0.25, 0.3) is 4.85 Å². The van der Waals surface area contributed by atoms with Crippen molar-refractivity contribution in [3.8, 4) is 5.75 Å². The second kappa shape index (κ2) is 15.6. The van der Waals surface area contributed by atoms with E-state index < -0.39 is 23.8 Å². The lowest BCUT2D eigenvalue weighted by atomic mass is 9.49. The molecule has 3 saturated heterocycles. The third-order valence-corrected chi connectivity index (χ3v) is 14.7. The first-order valence-corrected chi connectivity index (χ1v) is 21.9. The van der Waals surface area contributed by atoms with E-state index in [9.17, 15) is 24.0 Å². The molecule has 1 atom stereocenters. The van der Waals surface area contributed by atoms with E-state index in [4.69, 9.17) is 22.9 Å². The van der Waals surface area contributed by atoms with Gasteiger partial charge in [0.05, 0.1) is 22.7 Å². The summed E-state index contributed by atoms with van der Waals surface area (Å²) in [6.07, 6.45) is 4.37. The Bertz CT molecular complexity index is 2300. The minimum Gasteiger partial charge on any atom is -0.489 e. The highest BCUT2D eigenvalue weighted by atomic mass is 35.5. The maximum absolute atomic E-state index is 13.6. The molecule has 3 aromatic rings. The van der Waals surface area contributed by atoms with Crippen LogP contribution in [-0.4, -0.2) is 101 Å². The molecule has 5 aliphatic heterocycles. The molecule has 318 valence electrons. The zero-order chi connectivity index (χ0) is 43.0. The Hall–Kier alpha value is -5.29. The summed E-state index contributed by atoms with van der Waals surface area (Å²) in [5, 5.41) is 5.92. The van der Waals surface area contributed by atoms with Crippen molar-refractivity contribution >= 4 is 52.5 Å². The summed E-state index contributed by atoms with van der Waals surface area (Å²) in [4.78, 5) is 76.5. The van der Waals surface area contributed by atoms with Crippen LogP contribution in [-0.2, 0) is 22.7 Å². The van der Waals surface area contributed by atoms with Crippen molar-refractivity contribution in [2.75, 3.05) is 31.1 Å². The Morgan fingerprint density at radius 2 is 1.39 bits per heavy atom. The van der Waals surface area contributed by atoms with Crippen LogP contribution in [0.2, 0.25) is 5.02 Å². The molecular weight excluding hydrogens is 794 g/mol. The van der Waals surface area contributed by atoms with Crippen molar-refractivity contribution in [3.63, 3.8) is 0 Å². The Balaban J connectivity index is 0.735. The monoisotopic (exact) mass is 845 g/mol. The number of halogens is 1. The van der Waals surface area contributed by atoms with Gasteiger partial charge >= 0.3 is 0 Å². The van der Waals surface area contributed by atoms with Gasteiger partial charge in [-0.15, -0.1) is 0 Å². The number of amides is 5. The highest BCUT2D eigenvalue weighted by molar-refractivity contribution is 6.33. The molecule has 3 aromatic carbocycles. The summed E-state index contributed by atoms with van der Waals surface area (Å²) >= 11 is 6.27. The van der Waals surface area contributed by atoms with E-state index in [0.29, 0.717) is 45.2 Å². The Morgan fingerprint density at radius 3 is 1.97 bits per heavy atom. The van der Waals surface area contributed by atoms with E-state index in [2.05, 4.69) is 70.0 Å². The number of hydrogen-bond acceptors (Lipinski definition) is 9. The average Bonchev–Trinajstić information content (AvgIpc) is 3.78. The van der Waals surface area contributed by atoms with E-state index in [1.807, 2.05) is 24.3 Å². The minimum absolute atomic E-state index is 0.102. The van der Waals surface area contributed by atoms with Crippen molar-refractivity contribution in [1.82, 2.24) is 25.3 Å². The minimum atomic E-state index is -0.957. The topological polar surface area (TPSA) is 136 Å². The molecule has 1 aliphatic carbocycles. The zero-order valence-corrected chi connectivity index (χ0v) is 35.9. The number of piperidine rings is 3. The summed E-state index contributed by atoms with van der Waals surface area (Å²) in [5.74, 6) is -1.38. The van der Waals surface area contributed by atoms with E-state index in [0.717, 1.165) is 86.7 Å². The molecule has 0 aromatic heterocycles. The lowest BCUT2D eigenvalue weighted by molar-refractivity contribution is -0.164. The molecule has 2 N–H and O–H groups in total. The standard InChI is InChI=1S/C47H52ClN7O6/c1-46(2)44(47(3,4)45(46)61-33-10-11-37(49-5)36(48)24-33)51-40(57)27-6-8-30(9-7-27)52-18-14-31(15-19-52)53-20-16-32(17-21-53)54-25-28-22-34-35(23-29(28)26-54)43(60)55(42(34)59)38-12-13-39(56)50-41(38)58/h6-11,22-24,31-32,38,44-45H,12-21,25-26H2,1-4H3,(H,51,57)(H,50,56,58)/t38-,44?,45?/m0/s1. The fourth-order valence-corrected chi connectivity index (χ4v) is 11.6. The third-order valence-electron chi connectivity index (χ3n) is 14.4. The highest BCUT2D eigenvalue weighted by Gasteiger charge is 2.64. The van der Waals surface area contributed by atoms with Gasteiger partial charge in [-0.25, -0.2) is 4.85 Å². The number of nitrogens with zero attached hydrogens (tertiary/aromatic N) is 5. The maximum atomic E-state index is 13.6. The molecule has 0 bridgehead atoms. The van der Waals surface area contributed by atoms with Crippen molar-refractivity contribution in [3.05, 3.63) is 98.9 Å². The summed E-state index contributed by atoms with van der Waals surface area (Å²) < 4.78 is 6.40. The van der Waals surface area contributed by atoms with E-state index >= 15 is 0 Å². The number of ether oxygens (including phenoxy) is 1. The summed E-state index contributed by atoms with van der Waals surface area (Å²) in [6.45, 7) is 21.1. The van der Waals surface area contributed by atoms with Gasteiger partial charge in [0.1, 0.15) is 17.9 Å². The normalized spacial score (nSPS) is 25.4. The second-order valence-electron chi connectivity index (χ2n) is 18.8. The van der Waals surface area contributed by atoms with Crippen LogP contribution >= 0.6 is 11.6 Å². The number of rotatable bonds is 8. The summed E-state index contributed by atoms with van der Waals surface area (Å²) in [7, 11) is 0. The predicted octanol–water partition coefficient (Wildman–Crippen LogP) is 6.35. The van der Waals surface area contributed by atoms with Crippen LogP contribution in [0.5, 0.6) is 5.75 Å². The van der Waals surface area contributed by atoms with Gasteiger partial charge < -0.3 is 19.9 Å². The molecule has 5 heterocycles. The summed E-state index contributed by atoms with van der Waals surface area (Å²) in [6, 6.07) is 16.7. The van der Waals surface area contributed by atoms with Gasteiger partial charge in [-0.1, -0.05) is 45.4 Å². The fourth-order valence-electron chi connectivity index (χ4n) is 11.4. The number of fused-ring (bicyclic) bond motifs is 2. The van der Waals surface area contributed by atoms with Crippen molar-refractivity contribution < 1.29 is 28.7 Å². The predicted molar refractivity (Wildman–Crippen MR) is 230 cm³/mol. The summed E-state index contributed by atoms with van der Waals surface area (Å²) in [5.41, 5.74) is 4.28. The third kappa shape index (κ3) is 7.26. The van der Waals surface area contributed by atoms with Gasteiger partial charge in [-0.3, -0.25) is 39.1 Å². The second-order valence-corrected chi connectivity index (χ2v) is 19.2. The first-order chi connectivity index (χ1) is 29.1. The van der Waals surface area contributed by atoms with Crippen LogP contribution in [0.4, 0.5) is 11.4 Å². The zero-order valence-electron chi connectivity index (χ0n) is 35.1. The SMILES string of the molecule is [C-]#[N+]c1ccc(OC2C(C)(C)C(NC(=O)c3ccc(N4CCC(N5CCC(N6Cc7cc8c(cc7C6)C(=O)N([C@H]6CCC(=O)NC6=O)C8=O)CC5)CC4)cc3)C2(C)C)cc1Cl. The molecule has 14 heteroatoms. The van der Waals surface area contributed by atoms with Crippen LogP contribution in [0.15, 0.2) is 54.6 Å². The number of nitrogens with one attached hydrogen (secondary N) is 2. The van der Waals surface area contributed by atoms with Crippen molar-refractivity contribution in [1.29, 1.82) is 0 Å². The Morgan fingerprint density at radius 1 is 0.803 bits per heavy atom. The lowest BCUT2D eigenvalue weighted by Crippen LogP contribution is -2.74. The average molecular weight is 846 g/mol. The van der Waals surface area contributed by atoms with Gasteiger partial charge in [0.15, 0.2) is 0 Å². The van der Waals surface area contributed by atoms with Gasteiger partial charge in [-0.05, 0) is 105 Å². The van der Waals surface area contributed by atoms with Crippen LogP contribution in [0.1, 0.15) is 108 Å². The van der Waals surface area contributed by atoms with Gasteiger partial charge in [0.2, 0.25) is 17.5 Å². The molecule has 0 spiro atoms. The number of hydrogen-bond donors (Lipinski definition) is 2. The van der Waals surface area contributed by atoms with Crippen LogP contribution in [0.3, 0.4) is 0 Å². The fraction of sp³-hybridized carbons (Fsp3) is 0.489. The van der Waals surface area contributed by atoms with Crippen molar-refractivity contribution in [2.45, 2.75) is 110 Å². The largest absolute Gasteiger partial charge is 0.489 e. The number of benzene rings is 3. The molecule has 13 nitrogen and oxygen atoms in total. The molecule has 61 heavy (non-hydrogen) atoms. The first-order valence-electron chi connectivity index (χ1n) is 21.5. The quantitative estimate of drug-likeness (QED) is 0.196. The highest BCUT2D eigenvalue weighted by Crippen LogP contribution is 2.56. The molecule has 6 aliphatic rings. The molecule has 1 saturated carbocycles. The lowest BCUT2D eigenvalue weighted by Gasteiger charge is -2.63. The van der Waals surface area contributed by atoms with Gasteiger partial charge in [0.25, 0.3) is 17.7 Å². The Kier molecular flexibility index (Phi) is 10.5. The van der Waals surface area contributed by atoms with E-state index in [1.54, 1.807) is 18.2 Å². The smallest absolute Gasteiger partial charge is 0.262 e. The molecule has 9 rings (SSSR count). The van der Waals surface area contributed by atoms with Gasteiger partial charge in [0, 0.05) is 72.8 Å². The number of likely N-dealkylation sites (tertiary alicyclic amines) is 1. The van der Waals surface area contributed by atoms with Crippen molar-refractivity contribution in [2.24, 2.45) is 10.8 Å². The number of carbonyl (C=O) groups is 5.